The lowest BCUT2D eigenvalue weighted by atomic mass is 10.1. The highest BCUT2D eigenvalue weighted by Gasteiger charge is 2.14. The monoisotopic (exact) mass is 463 g/mol. The van der Waals surface area contributed by atoms with Crippen LogP contribution in [0.5, 0.6) is 5.75 Å². The average Bonchev–Trinajstić information content (AvgIpc) is 3.21. The zero-order valence-corrected chi connectivity index (χ0v) is 18.7. The molecule has 168 valence electrons. The number of aromatic nitrogens is 4. The molecule has 0 saturated heterocycles. The van der Waals surface area contributed by atoms with Gasteiger partial charge in [0.15, 0.2) is 11.8 Å². The number of aliphatic carboxylic acids is 1. The Labute approximate surface area is 193 Å². The Kier molecular flexibility index (Phi) is 6.55. The Morgan fingerprint density at radius 1 is 1.18 bits per heavy atom. The van der Waals surface area contributed by atoms with Gasteiger partial charge in [-0.1, -0.05) is 30.0 Å². The predicted molar refractivity (Wildman–Crippen MR) is 125 cm³/mol. The fourth-order valence-corrected chi connectivity index (χ4v) is 4.06. The number of ether oxygens (including phenoxy) is 1. The zero-order valence-electron chi connectivity index (χ0n) is 17.9. The molecule has 0 aliphatic heterocycles. The number of carboxylic acid groups (broad SMARTS) is 1. The van der Waals surface area contributed by atoms with Crippen molar-refractivity contribution < 1.29 is 19.4 Å². The number of benzene rings is 2. The summed E-state index contributed by atoms with van der Waals surface area (Å²) in [6, 6.07) is 14.4. The number of carbonyl (C=O) groups excluding carboxylic acids is 1. The lowest BCUT2D eigenvalue weighted by Gasteiger charge is -2.13. The molecule has 2 N–H and O–H groups in total. The van der Waals surface area contributed by atoms with Gasteiger partial charge in [0.2, 0.25) is 0 Å². The van der Waals surface area contributed by atoms with Gasteiger partial charge in [0, 0.05) is 29.6 Å². The van der Waals surface area contributed by atoms with Crippen molar-refractivity contribution in [2.24, 2.45) is 7.05 Å². The van der Waals surface area contributed by atoms with Gasteiger partial charge in [0.1, 0.15) is 17.8 Å². The van der Waals surface area contributed by atoms with E-state index in [1.54, 1.807) is 48.6 Å². The SMILES string of the molecule is C[C@H](Sc1nncn1C)c1cccc(NC(=O)c2cc3ccc(OCC(=O)O)cc3cn2)c1. The van der Waals surface area contributed by atoms with Crippen molar-refractivity contribution in [3.05, 3.63) is 72.3 Å². The molecule has 4 rings (SSSR count). The minimum Gasteiger partial charge on any atom is -0.482 e. The molecular weight excluding hydrogens is 442 g/mol. The van der Waals surface area contributed by atoms with Crippen LogP contribution in [0, 0.1) is 0 Å². The lowest BCUT2D eigenvalue weighted by molar-refractivity contribution is -0.139. The standard InChI is InChI=1S/C23H21N5O4S/c1-14(33-23-27-25-13-28(23)2)15-4-3-5-18(8-15)26-22(31)20-10-16-6-7-19(32-12-21(29)30)9-17(16)11-24-20/h3-11,13-14H,12H2,1-2H3,(H,26,31)(H,29,30)/t14-/m0/s1. The third kappa shape index (κ3) is 5.47. The van der Waals surface area contributed by atoms with E-state index in [1.165, 1.54) is 0 Å². The maximum Gasteiger partial charge on any atom is 0.341 e. The molecule has 2 heterocycles. The molecule has 0 aliphatic carbocycles. The highest BCUT2D eigenvalue weighted by atomic mass is 32.2. The van der Waals surface area contributed by atoms with E-state index in [9.17, 15) is 9.59 Å². The molecule has 0 fully saturated rings. The summed E-state index contributed by atoms with van der Waals surface area (Å²) < 4.78 is 7.05. The van der Waals surface area contributed by atoms with Crippen LogP contribution < -0.4 is 10.1 Å². The summed E-state index contributed by atoms with van der Waals surface area (Å²) in [7, 11) is 1.89. The number of nitrogens with one attached hydrogen (secondary N) is 1. The molecule has 10 heteroatoms. The van der Waals surface area contributed by atoms with Crippen LogP contribution >= 0.6 is 11.8 Å². The van der Waals surface area contributed by atoms with Crippen molar-refractivity contribution in [1.82, 2.24) is 19.7 Å². The van der Waals surface area contributed by atoms with Crippen LogP contribution in [-0.2, 0) is 11.8 Å². The molecule has 0 unspecified atom stereocenters. The summed E-state index contributed by atoms with van der Waals surface area (Å²) >= 11 is 1.58. The van der Waals surface area contributed by atoms with Gasteiger partial charge in [-0.3, -0.25) is 9.78 Å². The smallest absolute Gasteiger partial charge is 0.341 e. The van der Waals surface area contributed by atoms with E-state index in [4.69, 9.17) is 9.84 Å². The maximum atomic E-state index is 12.8. The van der Waals surface area contributed by atoms with Crippen LogP contribution in [0.4, 0.5) is 5.69 Å². The number of rotatable bonds is 8. The van der Waals surface area contributed by atoms with Crippen LogP contribution in [0.1, 0.15) is 28.2 Å². The normalized spacial score (nSPS) is 11.8. The fraction of sp³-hybridized carbons (Fsp3) is 0.174. The summed E-state index contributed by atoms with van der Waals surface area (Å²) in [4.78, 5) is 27.7. The summed E-state index contributed by atoms with van der Waals surface area (Å²) in [5.74, 6) is -0.950. The average molecular weight is 464 g/mol. The number of amides is 1. The fourth-order valence-electron chi connectivity index (χ4n) is 3.15. The van der Waals surface area contributed by atoms with E-state index < -0.39 is 12.6 Å². The second kappa shape index (κ2) is 9.70. The predicted octanol–water partition coefficient (Wildman–Crippen LogP) is 3.93. The Balaban J connectivity index is 1.46. The minimum absolute atomic E-state index is 0.112. The van der Waals surface area contributed by atoms with Gasteiger partial charge in [0.25, 0.3) is 5.91 Å². The summed E-state index contributed by atoms with van der Waals surface area (Å²) in [6.45, 7) is 1.65. The molecule has 9 nitrogen and oxygen atoms in total. The molecule has 1 atom stereocenters. The molecule has 33 heavy (non-hydrogen) atoms. The van der Waals surface area contributed by atoms with Gasteiger partial charge in [-0.2, -0.15) is 0 Å². The largest absolute Gasteiger partial charge is 0.482 e. The maximum absolute atomic E-state index is 12.8. The van der Waals surface area contributed by atoms with Crippen LogP contribution in [0.3, 0.4) is 0 Å². The van der Waals surface area contributed by atoms with Gasteiger partial charge < -0.3 is 19.7 Å². The van der Waals surface area contributed by atoms with Crippen molar-refractivity contribution in [3.8, 4) is 5.75 Å². The third-order valence-electron chi connectivity index (χ3n) is 4.85. The van der Waals surface area contributed by atoms with Crippen LogP contribution in [0.25, 0.3) is 10.8 Å². The van der Waals surface area contributed by atoms with E-state index in [0.717, 1.165) is 21.5 Å². The molecular formula is C23H21N5O4S. The number of carbonyl (C=O) groups is 2. The summed E-state index contributed by atoms with van der Waals surface area (Å²) in [5, 5.41) is 22.1. The Morgan fingerprint density at radius 3 is 2.79 bits per heavy atom. The van der Waals surface area contributed by atoms with Crippen LogP contribution in [0.2, 0.25) is 0 Å². The number of hydrogen-bond acceptors (Lipinski definition) is 7. The van der Waals surface area contributed by atoms with Gasteiger partial charge >= 0.3 is 5.97 Å². The van der Waals surface area contributed by atoms with E-state index in [-0.39, 0.29) is 16.9 Å². The van der Waals surface area contributed by atoms with E-state index in [1.807, 2.05) is 35.9 Å². The molecule has 0 spiro atoms. The number of carboxylic acids is 1. The molecule has 0 aliphatic rings. The first-order chi connectivity index (χ1) is 15.9. The van der Waals surface area contributed by atoms with Gasteiger partial charge in [-0.15, -0.1) is 10.2 Å². The molecule has 2 aromatic carbocycles. The number of pyridine rings is 1. The van der Waals surface area contributed by atoms with Crippen molar-refractivity contribution >= 4 is 40.1 Å². The molecule has 2 aromatic heterocycles. The van der Waals surface area contributed by atoms with E-state index in [0.29, 0.717) is 11.4 Å². The van der Waals surface area contributed by atoms with E-state index in [2.05, 4.69) is 27.4 Å². The highest BCUT2D eigenvalue weighted by molar-refractivity contribution is 7.99. The van der Waals surface area contributed by atoms with Crippen LogP contribution in [0.15, 0.2) is 66.2 Å². The number of hydrogen-bond donors (Lipinski definition) is 2. The lowest BCUT2D eigenvalue weighted by Crippen LogP contribution is -2.13. The Hall–Kier alpha value is -3.92. The zero-order chi connectivity index (χ0) is 23.4. The first-order valence-corrected chi connectivity index (χ1v) is 10.9. The minimum atomic E-state index is -1.05. The van der Waals surface area contributed by atoms with Gasteiger partial charge in [0.05, 0.1) is 0 Å². The third-order valence-corrected chi connectivity index (χ3v) is 6.06. The van der Waals surface area contributed by atoms with Gasteiger partial charge in [-0.25, -0.2) is 4.79 Å². The number of nitrogens with zero attached hydrogens (tertiary/aromatic N) is 4. The van der Waals surface area contributed by atoms with Crippen molar-refractivity contribution in [2.75, 3.05) is 11.9 Å². The molecule has 1 amide bonds. The Bertz CT molecular complexity index is 1320. The topological polar surface area (TPSA) is 119 Å². The quantitative estimate of drug-likeness (QED) is 0.377. The van der Waals surface area contributed by atoms with Crippen molar-refractivity contribution in [1.29, 1.82) is 0 Å². The molecule has 4 aromatic rings. The molecule has 0 radical (unpaired) electrons. The Morgan fingerprint density at radius 2 is 2.03 bits per heavy atom. The van der Waals surface area contributed by atoms with Crippen molar-refractivity contribution in [2.45, 2.75) is 17.3 Å². The van der Waals surface area contributed by atoms with Crippen LogP contribution in [-0.4, -0.2) is 43.3 Å². The second-order valence-electron chi connectivity index (χ2n) is 7.32. The first kappa shape index (κ1) is 22.3. The van der Waals surface area contributed by atoms with E-state index >= 15 is 0 Å². The number of fused-ring (bicyclic) bond motifs is 1. The summed E-state index contributed by atoms with van der Waals surface area (Å²) in [6.07, 6.45) is 3.22. The van der Waals surface area contributed by atoms with Crippen molar-refractivity contribution in [3.63, 3.8) is 0 Å². The molecule has 0 saturated carbocycles. The summed E-state index contributed by atoms with van der Waals surface area (Å²) in [5.41, 5.74) is 1.98. The molecule has 0 bridgehead atoms. The number of anilines is 1. The number of aryl methyl sites for hydroxylation is 1. The van der Waals surface area contributed by atoms with Gasteiger partial charge in [-0.05, 0) is 48.2 Å². The highest BCUT2D eigenvalue weighted by Crippen LogP contribution is 2.34. The first-order valence-electron chi connectivity index (χ1n) is 10.1. The second-order valence-corrected chi connectivity index (χ2v) is 8.63. The number of thioether (sulfide) groups is 1.